The molecule has 0 aliphatic rings. The molecule has 0 spiro atoms. The molecule has 1 amide bonds. The molecule has 0 radical (unpaired) electrons. The lowest BCUT2D eigenvalue weighted by atomic mass is 10.2. The molecule has 0 atom stereocenters. The molecule has 1 rings (SSSR count). The van der Waals surface area contributed by atoms with Crippen LogP contribution in [-0.4, -0.2) is 24.1 Å². The molecule has 6 heteroatoms. The highest BCUT2D eigenvalue weighted by molar-refractivity contribution is 8.01. The number of amides is 1. The zero-order chi connectivity index (χ0) is 13.6. The second-order valence-electron chi connectivity index (χ2n) is 4.02. The number of nitrogens with one attached hydrogen (secondary N) is 1. The van der Waals surface area contributed by atoms with E-state index < -0.39 is 6.09 Å². The number of hydrogen-bond donors (Lipinski definition) is 1. The van der Waals surface area contributed by atoms with E-state index in [1.165, 1.54) is 7.05 Å². The zero-order valence-electron chi connectivity index (χ0n) is 10.4. The number of oxime groups is 1. The van der Waals surface area contributed by atoms with Gasteiger partial charge in [-0.25, -0.2) is 4.79 Å². The molecule has 0 aromatic heterocycles. The topological polar surface area (TPSA) is 50.7 Å². The summed E-state index contributed by atoms with van der Waals surface area (Å²) in [6.07, 6.45) is 1.00. The first-order valence-corrected chi connectivity index (χ1v) is 6.50. The van der Waals surface area contributed by atoms with Gasteiger partial charge in [0.2, 0.25) is 0 Å². The molecule has 0 bridgehead atoms. The van der Waals surface area contributed by atoms with Gasteiger partial charge in [-0.3, -0.25) is 4.84 Å². The maximum atomic E-state index is 10.8. The molecule has 0 unspecified atom stereocenters. The molecule has 1 N–H and O–H groups in total. The average Bonchev–Trinajstić information content (AvgIpc) is 2.31. The van der Waals surface area contributed by atoms with Crippen molar-refractivity contribution >= 4 is 35.7 Å². The predicted molar refractivity (Wildman–Crippen MR) is 75.4 cm³/mol. The Labute approximate surface area is 116 Å². The standard InChI is InChI=1S/C12H15ClN2O2S/c1-12(2,8-15-17-11(16)14-3)18-10-6-4-9(13)5-7-10/h4-8H,1-3H3,(H,14,16). The van der Waals surface area contributed by atoms with Crippen LogP contribution in [0.25, 0.3) is 0 Å². The SMILES string of the molecule is CNC(=O)ON=CC(C)(C)Sc1ccc(Cl)cc1. The van der Waals surface area contributed by atoms with E-state index in [0.717, 1.165) is 4.90 Å². The summed E-state index contributed by atoms with van der Waals surface area (Å²) < 4.78 is -0.290. The number of halogens is 1. The Balaban J connectivity index is 2.58. The molecular formula is C12H15ClN2O2S. The fourth-order valence-corrected chi connectivity index (χ4v) is 2.18. The highest BCUT2D eigenvalue weighted by Crippen LogP contribution is 2.31. The van der Waals surface area contributed by atoms with E-state index in [1.807, 2.05) is 38.1 Å². The van der Waals surface area contributed by atoms with Crippen molar-refractivity contribution in [2.24, 2.45) is 5.16 Å². The van der Waals surface area contributed by atoms with Crippen LogP contribution in [0, 0.1) is 0 Å². The highest BCUT2D eigenvalue weighted by Gasteiger charge is 2.17. The number of hydrogen-bond acceptors (Lipinski definition) is 4. The molecule has 1 aromatic carbocycles. The lowest BCUT2D eigenvalue weighted by Crippen LogP contribution is -2.20. The van der Waals surface area contributed by atoms with Gasteiger partial charge in [0.25, 0.3) is 0 Å². The van der Waals surface area contributed by atoms with Crippen LogP contribution in [0.3, 0.4) is 0 Å². The Hall–Kier alpha value is -1.20. The van der Waals surface area contributed by atoms with Crippen molar-refractivity contribution in [3.63, 3.8) is 0 Å². The third-order valence-corrected chi connectivity index (χ3v) is 3.29. The van der Waals surface area contributed by atoms with Crippen molar-refractivity contribution < 1.29 is 9.63 Å². The summed E-state index contributed by atoms with van der Waals surface area (Å²) in [6.45, 7) is 3.95. The third kappa shape index (κ3) is 5.42. The Morgan fingerprint density at radius 3 is 2.61 bits per heavy atom. The minimum Gasteiger partial charge on any atom is -0.323 e. The highest BCUT2D eigenvalue weighted by atomic mass is 35.5. The first-order chi connectivity index (χ1) is 8.43. The van der Waals surface area contributed by atoms with Crippen molar-refractivity contribution in [2.45, 2.75) is 23.5 Å². The summed E-state index contributed by atoms with van der Waals surface area (Å²) in [5.41, 5.74) is 0. The Morgan fingerprint density at radius 1 is 1.44 bits per heavy atom. The van der Waals surface area contributed by atoms with Crippen molar-refractivity contribution in [1.82, 2.24) is 5.32 Å². The fourth-order valence-electron chi connectivity index (χ4n) is 1.08. The lowest BCUT2D eigenvalue weighted by Gasteiger charge is -2.17. The minimum absolute atomic E-state index is 0.290. The van der Waals surface area contributed by atoms with Gasteiger partial charge >= 0.3 is 6.09 Å². The van der Waals surface area contributed by atoms with E-state index in [0.29, 0.717) is 5.02 Å². The molecular weight excluding hydrogens is 272 g/mol. The molecule has 1 aromatic rings. The van der Waals surface area contributed by atoms with Crippen molar-refractivity contribution in [3.8, 4) is 0 Å². The van der Waals surface area contributed by atoms with Gasteiger partial charge in [-0.05, 0) is 38.1 Å². The van der Waals surface area contributed by atoms with E-state index in [9.17, 15) is 4.79 Å². The van der Waals surface area contributed by atoms with Gasteiger partial charge in [0.1, 0.15) is 0 Å². The Kier molecular flexibility index (Phi) is 5.50. The largest absolute Gasteiger partial charge is 0.433 e. The van der Waals surface area contributed by atoms with Gasteiger partial charge in [-0.2, -0.15) is 0 Å². The average molecular weight is 287 g/mol. The van der Waals surface area contributed by atoms with Gasteiger partial charge in [-0.15, -0.1) is 11.8 Å². The van der Waals surface area contributed by atoms with Crippen molar-refractivity contribution in [1.29, 1.82) is 0 Å². The quantitative estimate of drug-likeness (QED) is 0.398. The number of carbonyl (C=O) groups excluding carboxylic acids is 1. The molecule has 0 heterocycles. The molecule has 0 saturated carbocycles. The predicted octanol–water partition coefficient (Wildman–Crippen LogP) is 3.55. The first-order valence-electron chi connectivity index (χ1n) is 5.31. The lowest BCUT2D eigenvalue weighted by molar-refractivity contribution is 0.153. The van der Waals surface area contributed by atoms with E-state index in [4.69, 9.17) is 11.6 Å². The van der Waals surface area contributed by atoms with E-state index in [-0.39, 0.29) is 4.75 Å². The Bertz CT molecular complexity index is 432. The fraction of sp³-hybridized carbons (Fsp3) is 0.333. The number of carbonyl (C=O) groups is 1. The maximum Gasteiger partial charge on any atom is 0.433 e. The summed E-state index contributed by atoms with van der Waals surface area (Å²) in [5, 5.41) is 6.66. The second-order valence-corrected chi connectivity index (χ2v) is 6.19. The van der Waals surface area contributed by atoms with Gasteiger partial charge in [0.15, 0.2) is 0 Å². The smallest absolute Gasteiger partial charge is 0.323 e. The number of thioether (sulfide) groups is 1. The van der Waals surface area contributed by atoms with Gasteiger partial charge < -0.3 is 5.32 Å². The summed E-state index contributed by atoms with van der Waals surface area (Å²) >= 11 is 7.41. The molecule has 0 aliphatic heterocycles. The minimum atomic E-state index is -0.585. The van der Waals surface area contributed by atoms with Crippen LogP contribution in [-0.2, 0) is 4.84 Å². The van der Waals surface area contributed by atoms with Gasteiger partial charge in [0.05, 0.1) is 11.0 Å². The van der Waals surface area contributed by atoms with Crippen LogP contribution in [0.1, 0.15) is 13.8 Å². The summed E-state index contributed by atoms with van der Waals surface area (Å²) in [7, 11) is 1.48. The second kappa shape index (κ2) is 6.66. The summed E-state index contributed by atoms with van der Waals surface area (Å²) in [6, 6.07) is 7.53. The van der Waals surface area contributed by atoms with Crippen LogP contribution < -0.4 is 5.32 Å². The summed E-state index contributed by atoms with van der Waals surface area (Å²) in [4.78, 5) is 16.5. The van der Waals surface area contributed by atoms with E-state index >= 15 is 0 Å². The Morgan fingerprint density at radius 2 is 2.06 bits per heavy atom. The normalized spacial score (nSPS) is 11.6. The molecule has 18 heavy (non-hydrogen) atoms. The van der Waals surface area contributed by atoms with Gasteiger partial charge in [-0.1, -0.05) is 16.8 Å². The van der Waals surface area contributed by atoms with E-state index in [2.05, 4.69) is 15.3 Å². The summed E-state index contributed by atoms with van der Waals surface area (Å²) in [5.74, 6) is 0. The number of nitrogens with zero attached hydrogens (tertiary/aromatic N) is 1. The number of rotatable bonds is 4. The molecule has 0 fully saturated rings. The van der Waals surface area contributed by atoms with Crippen molar-refractivity contribution in [3.05, 3.63) is 29.3 Å². The van der Waals surface area contributed by atoms with Crippen LogP contribution >= 0.6 is 23.4 Å². The van der Waals surface area contributed by atoms with Crippen molar-refractivity contribution in [2.75, 3.05) is 7.05 Å². The molecule has 98 valence electrons. The van der Waals surface area contributed by atoms with Crippen LogP contribution in [0.4, 0.5) is 4.79 Å². The molecule has 0 saturated heterocycles. The molecule has 0 aliphatic carbocycles. The number of benzene rings is 1. The van der Waals surface area contributed by atoms with E-state index in [1.54, 1.807) is 18.0 Å². The molecule has 4 nitrogen and oxygen atoms in total. The monoisotopic (exact) mass is 286 g/mol. The van der Waals surface area contributed by atoms with Crippen LogP contribution in [0.2, 0.25) is 5.02 Å². The third-order valence-electron chi connectivity index (χ3n) is 1.90. The zero-order valence-corrected chi connectivity index (χ0v) is 12.0. The van der Waals surface area contributed by atoms with Crippen LogP contribution in [0.5, 0.6) is 0 Å². The maximum absolute atomic E-state index is 10.8. The van der Waals surface area contributed by atoms with Crippen LogP contribution in [0.15, 0.2) is 34.3 Å². The first kappa shape index (κ1) is 14.9. The van der Waals surface area contributed by atoms with Gasteiger partial charge in [0, 0.05) is 17.0 Å².